The predicted octanol–water partition coefficient (Wildman–Crippen LogP) is 3.32. The van der Waals surface area contributed by atoms with Crippen molar-refractivity contribution in [3.63, 3.8) is 0 Å². The van der Waals surface area contributed by atoms with Crippen molar-refractivity contribution in [3.05, 3.63) is 65.7 Å². The van der Waals surface area contributed by atoms with Crippen molar-refractivity contribution < 1.29 is 13.6 Å². The molecule has 0 bridgehead atoms. The fraction of sp³-hybridized carbons (Fsp3) is 0.435. The number of carbonyl (C=O) groups excluding carboxylic acids is 1. The van der Waals surface area contributed by atoms with Crippen LogP contribution in [0.1, 0.15) is 24.8 Å². The molecule has 0 aromatic heterocycles. The van der Waals surface area contributed by atoms with Crippen LogP contribution in [0.5, 0.6) is 0 Å². The van der Waals surface area contributed by atoms with Crippen molar-refractivity contribution in [3.8, 4) is 0 Å². The third-order valence-electron chi connectivity index (χ3n) is 6.06. The van der Waals surface area contributed by atoms with Gasteiger partial charge in [0.15, 0.2) is 0 Å². The summed E-state index contributed by atoms with van der Waals surface area (Å²) in [6.45, 7) is 4.89. The first-order valence-corrected chi connectivity index (χ1v) is 10.3. The zero-order valence-corrected chi connectivity index (χ0v) is 16.5. The Morgan fingerprint density at radius 1 is 1.00 bits per heavy atom. The van der Waals surface area contributed by atoms with E-state index in [1.165, 1.54) is 18.2 Å². The van der Waals surface area contributed by atoms with Crippen LogP contribution in [0.15, 0.2) is 48.5 Å². The Balaban J connectivity index is 1.19. The maximum Gasteiger partial charge on any atom is 0.230 e. The summed E-state index contributed by atoms with van der Waals surface area (Å²) >= 11 is 0. The number of benzene rings is 2. The quantitative estimate of drug-likeness (QED) is 0.726. The second kappa shape index (κ2) is 8.49. The molecule has 0 unspecified atom stereocenters. The predicted molar refractivity (Wildman–Crippen MR) is 110 cm³/mol. The van der Waals surface area contributed by atoms with Gasteiger partial charge in [-0.2, -0.15) is 0 Å². The van der Waals surface area contributed by atoms with E-state index in [9.17, 15) is 13.6 Å². The zero-order chi connectivity index (χ0) is 20.3. The molecule has 1 amide bonds. The highest BCUT2D eigenvalue weighted by Gasteiger charge is 2.51. The normalized spacial score (nSPS) is 18.5. The highest BCUT2D eigenvalue weighted by Crippen LogP contribution is 2.48. The third kappa shape index (κ3) is 4.42. The smallest absolute Gasteiger partial charge is 0.230 e. The van der Waals surface area contributed by atoms with Crippen molar-refractivity contribution in [1.82, 2.24) is 10.2 Å². The van der Waals surface area contributed by atoms with E-state index in [0.717, 1.165) is 57.5 Å². The molecule has 2 aromatic rings. The maximum absolute atomic E-state index is 13.9. The first-order chi connectivity index (χ1) is 14.1. The summed E-state index contributed by atoms with van der Waals surface area (Å²) in [6, 6.07) is 13.3. The van der Waals surface area contributed by atoms with Gasteiger partial charge in [-0.3, -0.25) is 9.69 Å². The molecular formula is C23H27F2N3O. The van der Waals surface area contributed by atoms with Crippen LogP contribution < -0.4 is 10.2 Å². The number of carbonyl (C=O) groups is 1. The van der Waals surface area contributed by atoms with Crippen molar-refractivity contribution in [2.75, 3.05) is 44.2 Å². The molecule has 1 saturated carbocycles. The van der Waals surface area contributed by atoms with Crippen LogP contribution in [0.4, 0.5) is 14.5 Å². The van der Waals surface area contributed by atoms with Crippen molar-refractivity contribution in [2.45, 2.75) is 24.7 Å². The lowest BCUT2D eigenvalue weighted by atomic mass is 9.95. The molecule has 29 heavy (non-hydrogen) atoms. The Kier molecular flexibility index (Phi) is 5.81. The van der Waals surface area contributed by atoms with Gasteiger partial charge in [0.25, 0.3) is 0 Å². The molecule has 1 heterocycles. The number of amides is 1. The third-order valence-corrected chi connectivity index (χ3v) is 6.06. The monoisotopic (exact) mass is 399 g/mol. The fourth-order valence-electron chi connectivity index (χ4n) is 4.15. The van der Waals surface area contributed by atoms with E-state index >= 15 is 0 Å². The minimum Gasteiger partial charge on any atom is -0.367 e. The van der Waals surface area contributed by atoms with E-state index in [4.69, 9.17) is 0 Å². The number of hydrogen-bond acceptors (Lipinski definition) is 3. The van der Waals surface area contributed by atoms with Crippen LogP contribution in [0, 0.1) is 11.6 Å². The van der Waals surface area contributed by atoms with E-state index < -0.39 is 5.41 Å². The van der Waals surface area contributed by atoms with Gasteiger partial charge in [-0.05, 0) is 55.6 Å². The van der Waals surface area contributed by atoms with Gasteiger partial charge in [0.05, 0.1) is 11.1 Å². The molecule has 1 aliphatic carbocycles. The summed E-state index contributed by atoms with van der Waals surface area (Å²) in [5, 5.41) is 3.04. The van der Waals surface area contributed by atoms with Crippen LogP contribution in [0.25, 0.3) is 0 Å². The second-order valence-electron chi connectivity index (χ2n) is 7.98. The number of rotatable bonds is 7. The highest BCUT2D eigenvalue weighted by molar-refractivity contribution is 5.91. The molecule has 4 rings (SSSR count). The van der Waals surface area contributed by atoms with Gasteiger partial charge in [0, 0.05) is 32.7 Å². The summed E-state index contributed by atoms with van der Waals surface area (Å²) in [7, 11) is 0. The molecule has 1 saturated heterocycles. The van der Waals surface area contributed by atoms with Gasteiger partial charge in [-0.15, -0.1) is 0 Å². The van der Waals surface area contributed by atoms with E-state index in [1.807, 2.05) is 18.2 Å². The van der Waals surface area contributed by atoms with Crippen LogP contribution in [-0.2, 0) is 10.2 Å². The summed E-state index contributed by atoms with van der Waals surface area (Å²) in [5.41, 5.74) is 0.916. The molecule has 2 aromatic carbocycles. The van der Waals surface area contributed by atoms with Gasteiger partial charge < -0.3 is 10.2 Å². The van der Waals surface area contributed by atoms with Crippen LogP contribution >= 0.6 is 0 Å². The molecular weight excluding hydrogens is 372 g/mol. The Bertz CT molecular complexity index is 861. The first-order valence-electron chi connectivity index (χ1n) is 10.3. The topological polar surface area (TPSA) is 35.6 Å². The molecule has 0 spiro atoms. The zero-order valence-electron chi connectivity index (χ0n) is 16.5. The van der Waals surface area contributed by atoms with Gasteiger partial charge >= 0.3 is 0 Å². The van der Waals surface area contributed by atoms with Gasteiger partial charge in [0.2, 0.25) is 5.91 Å². The lowest BCUT2D eigenvalue weighted by molar-refractivity contribution is -0.123. The number of piperazine rings is 1. The molecule has 1 aliphatic heterocycles. The molecule has 0 radical (unpaired) electrons. The van der Waals surface area contributed by atoms with Crippen LogP contribution in [-0.4, -0.2) is 50.1 Å². The Labute approximate surface area is 170 Å². The van der Waals surface area contributed by atoms with Gasteiger partial charge in [0.1, 0.15) is 11.6 Å². The average molecular weight is 399 g/mol. The Morgan fingerprint density at radius 3 is 2.45 bits per heavy atom. The number of para-hydroxylation sites is 1. The van der Waals surface area contributed by atoms with E-state index in [-0.39, 0.29) is 17.5 Å². The minimum atomic E-state index is -0.534. The average Bonchev–Trinajstić information content (AvgIpc) is 3.54. The maximum atomic E-state index is 13.9. The number of anilines is 1. The number of nitrogens with one attached hydrogen (secondary N) is 1. The van der Waals surface area contributed by atoms with Crippen molar-refractivity contribution >= 4 is 11.6 Å². The van der Waals surface area contributed by atoms with Crippen molar-refractivity contribution in [1.29, 1.82) is 0 Å². The molecule has 1 N–H and O–H groups in total. The molecule has 0 atom stereocenters. The van der Waals surface area contributed by atoms with Crippen LogP contribution in [0.3, 0.4) is 0 Å². The Hall–Kier alpha value is -2.47. The molecule has 4 nitrogen and oxygen atoms in total. The first kappa shape index (κ1) is 19.8. The number of hydrogen-bond donors (Lipinski definition) is 1. The lowest BCUT2D eigenvalue weighted by Crippen LogP contribution is -2.47. The molecule has 154 valence electrons. The van der Waals surface area contributed by atoms with Gasteiger partial charge in [-0.1, -0.05) is 24.3 Å². The summed E-state index contributed by atoms with van der Waals surface area (Å²) in [4.78, 5) is 17.1. The van der Waals surface area contributed by atoms with E-state index in [1.54, 1.807) is 12.1 Å². The number of nitrogens with zero attached hydrogens (tertiary/aromatic N) is 2. The molecule has 2 fully saturated rings. The second-order valence-corrected chi connectivity index (χ2v) is 7.98. The van der Waals surface area contributed by atoms with Crippen LogP contribution in [0.2, 0.25) is 0 Å². The standard InChI is InChI=1S/C23H27F2N3O/c24-19-6-3-5-18(17-19)23(9-10-23)22(29)26-11-4-12-27-13-15-28(16-14-27)21-8-2-1-7-20(21)25/h1-3,5-8,17H,4,9-16H2,(H,26,29). The SMILES string of the molecule is O=C(NCCCN1CCN(c2ccccc2F)CC1)C1(c2cccc(F)c2)CC1. The highest BCUT2D eigenvalue weighted by atomic mass is 19.1. The largest absolute Gasteiger partial charge is 0.367 e. The summed E-state index contributed by atoms with van der Waals surface area (Å²) in [5.74, 6) is -0.459. The lowest BCUT2D eigenvalue weighted by Gasteiger charge is -2.36. The minimum absolute atomic E-state index is 0.00692. The molecule has 6 heteroatoms. The summed E-state index contributed by atoms with van der Waals surface area (Å²) < 4.78 is 27.4. The van der Waals surface area contributed by atoms with Crippen molar-refractivity contribution in [2.24, 2.45) is 0 Å². The number of halogens is 2. The van der Waals surface area contributed by atoms with E-state index in [2.05, 4.69) is 15.1 Å². The van der Waals surface area contributed by atoms with Gasteiger partial charge in [-0.25, -0.2) is 8.78 Å². The Morgan fingerprint density at radius 2 is 1.76 bits per heavy atom. The fourth-order valence-corrected chi connectivity index (χ4v) is 4.15. The summed E-state index contributed by atoms with van der Waals surface area (Å²) in [6.07, 6.45) is 2.42. The van der Waals surface area contributed by atoms with E-state index in [0.29, 0.717) is 12.2 Å². The molecule has 2 aliphatic rings.